The second kappa shape index (κ2) is 7.60. The van der Waals surface area contributed by atoms with Crippen LogP contribution < -0.4 is 0 Å². The van der Waals surface area contributed by atoms with Crippen LogP contribution in [0.4, 0.5) is 0 Å². The summed E-state index contributed by atoms with van der Waals surface area (Å²) in [4.78, 5) is 19.1. The van der Waals surface area contributed by atoms with Gasteiger partial charge in [0.25, 0.3) is 5.91 Å². The van der Waals surface area contributed by atoms with E-state index in [-0.39, 0.29) is 5.91 Å². The summed E-state index contributed by atoms with van der Waals surface area (Å²) in [5, 5.41) is 8.82. The molecule has 3 aromatic rings. The Morgan fingerprint density at radius 3 is 2.88 bits per heavy atom. The Morgan fingerprint density at radius 1 is 1.04 bits per heavy atom. The minimum absolute atomic E-state index is 0.0647. The third-order valence-electron chi connectivity index (χ3n) is 5.21. The summed E-state index contributed by atoms with van der Waals surface area (Å²) in [6.07, 6.45) is 9.22. The SMILES string of the molecule is O=C(c1ccnnc1)N1CCCC(Cc2cccc3ncccc23)CC1. The highest BCUT2D eigenvalue weighted by molar-refractivity contribution is 5.93. The molecule has 1 fully saturated rings. The molecule has 4 rings (SSSR count). The van der Waals surface area contributed by atoms with Crippen LogP contribution in [0.5, 0.6) is 0 Å². The van der Waals surface area contributed by atoms with Crippen molar-refractivity contribution in [2.75, 3.05) is 13.1 Å². The minimum atomic E-state index is 0.0647. The highest BCUT2D eigenvalue weighted by atomic mass is 16.2. The van der Waals surface area contributed by atoms with Crippen LogP contribution in [-0.2, 0) is 6.42 Å². The first-order valence-electron chi connectivity index (χ1n) is 9.20. The van der Waals surface area contributed by atoms with Crippen LogP contribution >= 0.6 is 0 Å². The third-order valence-corrected chi connectivity index (χ3v) is 5.21. The van der Waals surface area contributed by atoms with Crippen LogP contribution in [0.1, 0.15) is 35.2 Å². The van der Waals surface area contributed by atoms with Gasteiger partial charge < -0.3 is 4.90 Å². The molecule has 1 saturated heterocycles. The number of carbonyl (C=O) groups is 1. The Labute approximate surface area is 153 Å². The Bertz CT molecular complexity index is 891. The normalized spacial score (nSPS) is 17.8. The van der Waals surface area contributed by atoms with E-state index in [1.807, 2.05) is 17.2 Å². The van der Waals surface area contributed by atoms with Crippen LogP contribution in [0.25, 0.3) is 10.9 Å². The number of rotatable bonds is 3. The van der Waals surface area contributed by atoms with Gasteiger partial charge in [-0.2, -0.15) is 10.2 Å². The molecule has 0 saturated carbocycles. The maximum Gasteiger partial charge on any atom is 0.255 e. The molecule has 5 nitrogen and oxygen atoms in total. The molecule has 0 spiro atoms. The fourth-order valence-corrected chi connectivity index (χ4v) is 3.83. The minimum Gasteiger partial charge on any atom is -0.339 e. The molecule has 132 valence electrons. The van der Waals surface area contributed by atoms with Crippen molar-refractivity contribution in [2.45, 2.75) is 25.7 Å². The van der Waals surface area contributed by atoms with Crippen molar-refractivity contribution in [3.63, 3.8) is 0 Å². The quantitative estimate of drug-likeness (QED) is 0.728. The lowest BCUT2D eigenvalue weighted by Gasteiger charge is -2.20. The average molecular weight is 346 g/mol. The fourth-order valence-electron chi connectivity index (χ4n) is 3.83. The zero-order valence-electron chi connectivity index (χ0n) is 14.7. The van der Waals surface area contributed by atoms with E-state index < -0.39 is 0 Å². The summed E-state index contributed by atoms with van der Waals surface area (Å²) in [5.41, 5.74) is 3.04. The smallest absolute Gasteiger partial charge is 0.255 e. The van der Waals surface area contributed by atoms with Gasteiger partial charge in [-0.15, -0.1) is 0 Å². The van der Waals surface area contributed by atoms with Crippen molar-refractivity contribution in [3.05, 3.63) is 66.1 Å². The summed E-state index contributed by atoms with van der Waals surface area (Å²) in [7, 11) is 0. The van der Waals surface area contributed by atoms with Crippen LogP contribution in [0.3, 0.4) is 0 Å². The number of pyridine rings is 1. The van der Waals surface area contributed by atoms with E-state index in [9.17, 15) is 4.79 Å². The van der Waals surface area contributed by atoms with Gasteiger partial charge in [0.2, 0.25) is 0 Å². The zero-order valence-corrected chi connectivity index (χ0v) is 14.7. The van der Waals surface area contributed by atoms with E-state index in [4.69, 9.17) is 0 Å². The molecule has 26 heavy (non-hydrogen) atoms. The van der Waals surface area contributed by atoms with Crippen molar-refractivity contribution in [3.8, 4) is 0 Å². The van der Waals surface area contributed by atoms with E-state index in [1.165, 1.54) is 10.9 Å². The van der Waals surface area contributed by atoms with E-state index in [0.717, 1.165) is 44.3 Å². The van der Waals surface area contributed by atoms with Gasteiger partial charge in [-0.3, -0.25) is 9.78 Å². The molecule has 1 aliphatic heterocycles. The number of hydrogen-bond donors (Lipinski definition) is 0. The molecule has 3 heterocycles. The average Bonchev–Trinajstić information content (AvgIpc) is 2.94. The predicted molar refractivity (Wildman–Crippen MR) is 101 cm³/mol. The van der Waals surface area contributed by atoms with Gasteiger partial charge in [-0.1, -0.05) is 18.2 Å². The van der Waals surface area contributed by atoms with E-state index in [1.54, 1.807) is 18.5 Å². The molecule has 0 radical (unpaired) electrons. The van der Waals surface area contributed by atoms with Crippen LogP contribution in [0.2, 0.25) is 0 Å². The van der Waals surface area contributed by atoms with Gasteiger partial charge in [-0.05, 0) is 55.4 Å². The third kappa shape index (κ3) is 3.57. The Morgan fingerprint density at radius 2 is 2.00 bits per heavy atom. The number of hydrogen-bond acceptors (Lipinski definition) is 4. The zero-order chi connectivity index (χ0) is 17.8. The summed E-state index contributed by atoms with van der Waals surface area (Å²) in [6, 6.07) is 12.3. The number of aromatic nitrogens is 3. The van der Waals surface area contributed by atoms with Crippen molar-refractivity contribution in [2.24, 2.45) is 5.92 Å². The topological polar surface area (TPSA) is 59.0 Å². The van der Waals surface area contributed by atoms with Gasteiger partial charge in [0, 0.05) is 24.7 Å². The largest absolute Gasteiger partial charge is 0.339 e. The van der Waals surface area contributed by atoms with Gasteiger partial charge in [0.05, 0.1) is 23.5 Å². The second-order valence-corrected chi connectivity index (χ2v) is 6.91. The number of benzene rings is 1. The fraction of sp³-hybridized carbons (Fsp3) is 0.333. The highest BCUT2D eigenvalue weighted by Crippen LogP contribution is 2.26. The molecule has 1 aromatic carbocycles. The molecule has 1 aliphatic rings. The second-order valence-electron chi connectivity index (χ2n) is 6.91. The molecular weight excluding hydrogens is 324 g/mol. The summed E-state index contributed by atoms with van der Waals surface area (Å²) in [5.74, 6) is 0.657. The summed E-state index contributed by atoms with van der Waals surface area (Å²) in [6.45, 7) is 1.61. The van der Waals surface area contributed by atoms with E-state index in [2.05, 4.69) is 39.4 Å². The van der Waals surface area contributed by atoms with Crippen LogP contribution in [-0.4, -0.2) is 39.1 Å². The Hall–Kier alpha value is -2.82. The van der Waals surface area contributed by atoms with E-state index >= 15 is 0 Å². The van der Waals surface area contributed by atoms with Crippen LogP contribution in [0, 0.1) is 5.92 Å². The lowest BCUT2D eigenvalue weighted by molar-refractivity contribution is 0.0759. The first-order valence-corrected chi connectivity index (χ1v) is 9.20. The molecule has 0 N–H and O–H groups in total. The summed E-state index contributed by atoms with van der Waals surface area (Å²) < 4.78 is 0. The van der Waals surface area contributed by atoms with Gasteiger partial charge in [0.1, 0.15) is 0 Å². The molecular formula is C21H22N4O. The standard InChI is InChI=1S/C21H22N4O/c26-21(18-8-11-23-24-15-18)25-12-3-4-16(9-13-25)14-17-5-1-7-20-19(17)6-2-10-22-20/h1-2,5-8,10-11,15-16H,3-4,9,12-14H2. The summed E-state index contributed by atoms with van der Waals surface area (Å²) >= 11 is 0. The van der Waals surface area contributed by atoms with Crippen molar-refractivity contribution >= 4 is 16.8 Å². The lowest BCUT2D eigenvalue weighted by Crippen LogP contribution is -2.32. The van der Waals surface area contributed by atoms with Gasteiger partial charge >= 0.3 is 0 Å². The molecule has 1 atom stereocenters. The molecule has 1 unspecified atom stereocenters. The number of fused-ring (bicyclic) bond motifs is 1. The molecule has 0 bridgehead atoms. The Balaban J connectivity index is 1.45. The number of amides is 1. The first-order chi connectivity index (χ1) is 12.8. The molecule has 0 aliphatic carbocycles. The predicted octanol–water partition coefficient (Wildman–Crippen LogP) is 3.51. The van der Waals surface area contributed by atoms with Crippen molar-refractivity contribution in [1.82, 2.24) is 20.1 Å². The maximum absolute atomic E-state index is 12.6. The van der Waals surface area contributed by atoms with Gasteiger partial charge in [0.15, 0.2) is 0 Å². The Kier molecular flexibility index (Phi) is 4.86. The molecule has 5 heteroatoms. The van der Waals surface area contributed by atoms with E-state index in [0.29, 0.717) is 11.5 Å². The van der Waals surface area contributed by atoms with Gasteiger partial charge in [-0.25, -0.2) is 0 Å². The number of carbonyl (C=O) groups excluding carboxylic acids is 1. The maximum atomic E-state index is 12.6. The monoisotopic (exact) mass is 346 g/mol. The first kappa shape index (κ1) is 16.6. The number of likely N-dealkylation sites (tertiary alicyclic amines) is 1. The highest BCUT2D eigenvalue weighted by Gasteiger charge is 2.22. The van der Waals surface area contributed by atoms with Crippen molar-refractivity contribution in [1.29, 1.82) is 0 Å². The van der Waals surface area contributed by atoms with Crippen LogP contribution in [0.15, 0.2) is 55.0 Å². The molecule has 2 aromatic heterocycles. The van der Waals surface area contributed by atoms with Crippen molar-refractivity contribution < 1.29 is 4.79 Å². The molecule has 1 amide bonds. The number of nitrogens with zero attached hydrogens (tertiary/aromatic N) is 4. The lowest BCUT2D eigenvalue weighted by atomic mass is 9.91.